The van der Waals surface area contributed by atoms with Crippen LogP contribution < -0.4 is 4.74 Å². The Morgan fingerprint density at radius 1 is 1.39 bits per heavy atom. The number of hydrogen-bond donors (Lipinski definition) is 1. The van der Waals surface area contributed by atoms with E-state index in [1.807, 2.05) is 48.6 Å². The average molecular weight is 403 g/mol. The van der Waals surface area contributed by atoms with Gasteiger partial charge in [-0.25, -0.2) is 9.48 Å². The molecule has 1 N–H and O–H groups in total. The maximum atomic E-state index is 11.0. The summed E-state index contributed by atoms with van der Waals surface area (Å²) in [6.07, 6.45) is 8.36. The summed E-state index contributed by atoms with van der Waals surface area (Å²) < 4.78 is 12.3. The van der Waals surface area contributed by atoms with Crippen molar-refractivity contribution in [3.63, 3.8) is 0 Å². The second kappa shape index (κ2) is 9.18. The van der Waals surface area contributed by atoms with Crippen LogP contribution in [0.4, 0.5) is 0 Å². The van der Waals surface area contributed by atoms with Gasteiger partial charge in [-0.05, 0) is 52.3 Å². The molecular formula is C19H19ClN4O4. The lowest BCUT2D eigenvalue weighted by atomic mass is 10.0. The number of nitrogens with zero attached hydrogens (tertiary/aromatic N) is 4. The Balaban J connectivity index is 1.55. The Bertz CT molecular complexity index is 918. The van der Waals surface area contributed by atoms with Crippen molar-refractivity contribution < 1.29 is 19.4 Å². The summed E-state index contributed by atoms with van der Waals surface area (Å²) >= 11 is 6.15. The number of aromatic nitrogens is 4. The van der Waals surface area contributed by atoms with Crippen LogP contribution in [-0.4, -0.2) is 50.4 Å². The van der Waals surface area contributed by atoms with Gasteiger partial charge in [-0.3, -0.25) is 0 Å². The lowest BCUT2D eigenvalue weighted by Crippen LogP contribution is -2.12. The molecule has 2 aromatic rings. The third-order valence-corrected chi connectivity index (χ3v) is 4.35. The molecule has 0 bridgehead atoms. The largest absolute Gasteiger partial charge is 0.496 e. The van der Waals surface area contributed by atoms with E-state index < -0.39 is 5.97 Å². The molecule has 1 heterocycles. The second-order valence-electron chi connectivity index (χ2n) is 6.00. The van der Waals surface area contributed by atoms with Gasteiger partial charge in [0.25, 0.3) is 5.82 Å². The maximum Gasteiger partial charge on any atom is 0.375 e. The number of tetrazole rings is 1. The molecule has 1 atom stereocenters. The van der Waals surface area contributed by atoms with E-state index in [0.29, 0.717) is 18.8 Å². The molecule has 3 rings (SSSR count). The number of aromatic carboxylic acids is 1. The number of carbonyl (C=O) groups is 1. The van der Waals surface area contributed by atoms with Crippen LogP contribution in [0.25, 0.3) is 0 Å². The highest BCUT2D eigenvalue weighted by Gasteiger charge is 2.14. The fourth-order valence-electron chi connectivity index (χ4n) is 2.69. The van der Waals surface area contributed by atoms with Crippen molar-refractivity contribution in [3.05, 3.63) is 71.3 Å². The first-order valence-corrected chi connectivity index (χ1v) is 8.97. The Morgan fingerprint density at radius 2 is 2.18 bits per heavy atom. The molecule has 1 aliphatic rings. The molecule has 0 saturated heterocycles. The molecule has 0 spiro atoms. The second-order valence-corrected chi connectivity index (χ2v) is 6.56. The molecule has 8 nitrogen and oxygen atoms in total. The number of ether oxygens (including phenoxy) is 2. The highest BCUT2D eigenvalue weighted by molar-refractivity contribution is 6.22. The average Bonchev–Trinajstić information content (AvgIpc) is 3.15. The molecule has 146 valence electrons. The fourth-order valence-corrected chi connectivity index (χ4v) is 2.93. The van der Waals surface area contributed by atoms with Gasteiger partial charge >= 0.3 is 5.97 Å². The van der Waals surface area contributed by atoms with Crippen LogP contribution >= 0.6 is 11.6 Å². The molecule has 0 radical (unpaired) electrons. The summed E-state index contributed by atoms with van der Waals surface area (Å²) in [5.74, 6) is 0.133. The Kier molecular flexibility index (Phi) is 6.44. The van der Waals surface area contributed by atoms with Gasteiger partial charge in [-0.2, -0.15) is 0 Å². The van der Waals surface area contributed by atoms with Gasteiger partial charge in [0.15, 0.2) is 0 Å². The van der Waals surface area contributed by atoms with Crippen molar-refractivity contribution >= 4 is 17.6 Å². The van der Waals surface area contributed by atoms with Crippen LogP contribution in [0.5, 0.6) is 5.75 Å². The van der Waals surface area contributed by atoms with E-state index in [0.717, 1.165) is 16.9 Å². The lowest BCUT2D eigenvalue weighted by Gasteiger charge is -2.15. The standard InChI is InChI=1S/C19H19ClN4O4/c1-27-17-9-6-15(20)11-14(17)3-2-10-28-16-7-4-13(5-8-16)12-24-18(19(25)26)21-22-23-24/h2-9,15H,10-12H2,1H3,(H,25,26)/b3-2+. The maximum absolute atomic E-state index is 11.0. The minimum atomic E-state index is -1.17. The van der Waals surface area contributed by atoms with Crippen molar-refractivity contribution in [2.24, 2.45) is 0 Å². The number of hydrogen-bond acceptors (Lipinski definition) is 6. The first-order chi connectivity index (χ1) is 13.6. The first-order valence-electron chi connectivity index (χ1n) is 8.54. The first kappa shape index (κ1) is 19.6. The van der Waals surface area contributed by atoms with Crippen molar-refractivity contribution in [2.75, 3.05) is 13.7 Å². The highest BCUT2D eigenvalue weighted by Crippen LogP contribution is 2.24. The third kappa shape index (κ3) is 4.98. The van der Waals surface area contributed by atoms with E-state index in [1.54, 1.807) is 7.11 Å². The van der Waals surface area contributed by atoms with Crippen molar-refractivity contribution in [3.8, 4) is 5.75 Å². The summed E-state index contributed by atoms with van der Waals surface area (Å²) in [6, 6.07) is 7.29. The van der Waals surface area contributed by atoms with Crippen LogP contribution in [0.2, 0.25) is 0 Å². The molecule has 0 fully saturated rings. The summed E-state index contributed by atoms with van der Waals surface area (Å²) in [7, 11) is 1.63. The summed E-state index contributed by atoms with van der Waals surface area (Å²) in [5.41, 5.74) is 1.88. The zero-order valence-corrected chi connectivity index (χ0v) is 15.9. The number of halogens is 1. The Hall–Kier alpha value is -3.13. The van der Waals surface area contributed by atoms with Crippen LogP contribution in [0, 0.1) is 0 Å². The van der Waals surface area contributed by atoms with E-state index in [4.69, 9.17) is 26.2 Å². The van der Waals surface area contributed by atoms with Gasteiger partial charge in [0.1, 0.15) is 18.1 Å². The minimum absolute atomic E-state index is 0.0335. The molecule has 1 unspecified atom stereocenters. The lowest BCUT2D eigenvalue weighted by molar-refractivity contribution is 0.0677. The van der Waals surface area contributed by atoms with E-state index >= 15 is 0 Å². The minimum Gasteiger partial charge on any atom is -0.496 e. The van der Waals surface area contributed by atoms with Crippen LogP contribution in [0.3, 0.4) is 0 Å². The van der Waals surface area contributed by atoms with Crippen LogP contribution in [0.15, 0.2) is 59.9 Å². The Labute approximate surface area is 166 Å². The van der Waals surface area contributed by atoms with Gasteiger partial charge in [-0.15, -0.1) is 16.7 Å². The van der Waals surface area contributed by atoms with Gasteiger partial charge in [-0.1, -0.05) is 24.3 Å². The molecule has 1 aromatic heterocycles. The quantitative estimate of drug-likeness (QED) is 0.677. The SMILES string of the molecule is COC1=C(/C=C/COc2ccc(Cn3nnnc3C(=O)O)cc2)CC(Cl)C=C1. The van der Waals surface area contributed by atoms with E-state index in [2.05, 4.69) is 15.5 Å². The van der Waals surface area contributed by atoms with Crippen molar-refractivity contribution in [2.45, 2.75) is 18.3 Å². The number of methoxy groups -OCH3 is 1. The van der Waals surface area contributed by atoms with E-state index in [1.165, 1.54) is 4.68 Å². The van der Waals surface area contributed by atoms with E-state index in [9.17, 15) is 4.79 Å². The van der Waals surface area contributed by atoms with Gasteiger partial charge in [0, 0.05) is 0 Å². The number of rotatable bonds is 8. The zero-order valence-electron chi connectivity index (χ0n) is 15.2. The summed E-state index contributed by atoms with van der Waals surface area (Å²) in [4.78, 5) is 11.0. The Morgan fingerprint density at radius 3 is 2.89 bits per heavy atom. The predicted molar refractivity (Wildman–Crippen MR) is 102 cm³/mol. The molecule has 9 heteroatoms. The molecule has 0 aliphatic heterocycles. The molecule has 0 amide bonds. The van der Waals surface area contributed by atoms with Gasteiger partial charge in [0.05, 0.1) is 19.0 Å². The predicted octanol–water partition coefficient (Wildman–Crippen LogP) is 2.82. The number of alkyl halides is 1. The molecule has 28 heavy (non-hydrogen) atoms. The van der Waals surface area contributed by atoms with Crippen molar-refractivity contribution in [1.82, 2.24) is 20.2 Å². The fraction of sp³-hybridized carbons (Fsp3) is 0.263. The molecule has 0 saturated carbocycles. The molecule has 1 aliphatic carbocycles. The number of allylic oxidation sites excluding steroid dienone is 4. The summed E-state index contributed by atoms with van der Waals surface area (Å²) in [5, 5.41) is 19.5. The van der Waals surface area contributed by atoms with E-state index in [-0.39, 0.29) is 17.7 Å². The van der Waals surface area contributed by atoms with Gasteiger partial charge in [0.2, 0.25) is 0 Å². The number of benzene rings is 1. The van der Waals surface area contributed by atoms with Crippen LogP contribution in [-0.2, 0) is 11.3 Å². The monoisotopic (exact) mass is 402 g/mol. The number of carboxylic acids is 1. The highest BCUT2D eigenvalue weighted by atomic mass is 35.5. The molecule has 1 aromatic carbocycles. The van der Waals surface area contributed by atoms with Gasteiger partial charge < -0.3 is 14.6 Å². The van der Waals surface area contributed by atoms with Crippen LogP contribution in [0.1, 0.15) is 22.6 Å². The zero-order chi connectivity index (χ0) is 19.9. The third-order valence-electron chi connectivity index (χ3n) is 4.05. The normalized spacial score (nSPS) is 16.6. The van der Waals surface area contributed by atoms with Crippen molar-refractivity contribution in [1.29, 1.82) is 0 Å². The summed E-state index contributed by atoms with van der Waals surface area (Å²) in [6.45, 7) is 0.655. The number of carboxylic acid groups (broad SMARTS) is 1. The smallest absolute Gasteiger partial charge is 0.375 e. The topological polar surface area (TPSA) is 99.4 Å². The molecular weight excluding hydrogens is 384 g/mol.